The maximum Gasteiger partial charge on any atom is 0.290 e. The number of hydrogen-bond acceptors (Lipinski definition) is 5. The van der Waals surface area contributed by atoms with Crippen molar-refractivity contribution in [1.82, 2.24) is 15.1 Å². The van der Waals surface area contributed by atoms with E-state index in [2.05, 4.69) is 10.2 Å². The summed E-state index contributed by atoms with van der Waals surface area (Å²) in [4.78, 5) is 35.0. The van der Waals surface area contributed by atoms with Crippen molar-refractivity contribution in [2.45, 2.75) is 6.92 Å². The van der Waals surface area contributed by atoms with E-state index < -0.39 is 0 Å². The third kappa shape index (κ3) is 9.80. The Balaban J connectivity index is 0.00000122. The minimum Gasteiger partial charge on any atom is -0.483 e. The van der Waals surface area contributed by atoms with E-state index in [4.69, 9.17) is 14.6 Å². The number of rotatable bonds is 4. The summed E-state index contributed by atoms with van der Waals surface area (Å²) >= 11 is 0. The van der Waals surface area contributed by atoms with E-state index in [0.29, 0.717) is 32.2 Å². The first-order chi connectivity index (χ1) is 9.90. The van der Waals surface area contributed by atoms with Crippen LogP contribution in [0, 0.1) is 5.92 Å². The smallest absolute Gasteiger partial charge is 0.290 e. The van der Waals surface area contributed by atoms with Crippen LogP contribution in [-0.2, 0) is 19.1 Å². The predicted molar refractivity (Wildman–Crippen MR) is 76.8 cm³/mol. The van der Waals surface area contributed by atoms with Crippen LogP contribution in [0.25, 0.3) is 0 Å². The van der Waals surface area contributed by atoms with Gasteiger partial charge in [-0.3, -0.25) is 14.4 Å². The second-order valence-corrected chi connectivity index (χ2v) is 5.06. The van der Waals surface area contributed by atoms with Crippen LogP contribution >= 0.6 is 0 Å². The van der Waals surface area contributed by atoms with Gasteiger partial charge in [0, 0.05) is 32.5 Å². The van der Waals surface area contributed by atoms with Gasteiger partial charge in [0.2, 0.25) is 11.8 Å². The molecule has 0 spiro atoms. The molecule has 0 aliphatic carbocycles. The topological polar surface area (TPSA) is 99.2 Å². The zero-order chi connectivity index (χ0) is 16.3. The molecule has 1 heterocycles. The SMILES string of the molecule is CC(=O)NCC(=O)N1CCOCC(CN(C)C)C1.O=CO. The molecular formula is C13H25N3O5. The molecule has 0 aromatic rings. The zero-order valence-corrected chi connectivity index (χ0v) is 12.9. The molecule has 8 nitrogen and oxygen atoms in total. The molecule has 21 heavy (non-hydrogen) atoms. The number of carbonyl (C=O) groups is 3. The largest absolute Gasteiger partial charge is 0.483 e. The standard InChI is InChI=1S/C12H23N3O3.CH2O2/c1-10(16)13-6-12(17)15-4-5-18-9-11(8-15)7-14(2)3;2-1-3/h11H,4-9H2,1-3H3,(H,13,16);1H,(H,2,3). The monoisotopic (exact) mass is 303 g/mol. The van der Waals surface area contributed by atoms with E-state index >= 15 is 0 Å². The van der Waals surface area contributed by atoms with E-state index in [9.17, 15) is 9.59 Å². The van der Waals surface area contributed by atoms with Gasteiger partial charge >= 0.3 is 0 Å². The van der Waals surface area contributed by atoms with Crippen LogP contribution in [0.3, 0.4) is 0 Å². The zero-order valence-electron chi connectivity index (χ0n) is 12.9. The minimum absolute atomic E-state index is 0.0422. The summed E-state index contributed by atoms with van der Waals surface area (Å²) in [7, 11) is 4.02. The third-order valence-electron chi connectivity index (χ3n) is 2.80. The van der Waals surface area contributed by atoms with Crippen molar-refractivity contribution in [3.63, 3.8) is 0 Å². The molecule has 1 fully saturated rings. The van der Waals surface area contributed by atoms with Crippen LogP contribution in [0.5, 0.6) is 0 Å². The lowest BCUT2D eigenvalue weighted by molar-refractivity contribution is -0.132. The van der Waals surface area contributed by atoms with E-state index in [1.807, 2.05) is 14.1 Å². The first-order valence-electron chi connectivity index (χ1n) is 6.73. The van der Waals surface area contributed by atoms with Crippen molar-refractivity contribution in [3.05, 3.63) is 0 Å². The second-order valence-electron chi connectivity index (χ2n) is 5.06. The Bertz CT molecular complexity index is 336. The fraction of sp³-hybridized carbons (Fsp3) is 0.769. The Morgan fingerprint density at radius 2 is 2.10 bits per heavy atom. The van der Waals surface area contributed by atoms with Crippen molar-refractivity contribution in [2.75, 3.05) is 53.5 Å². The highest BCUT2D eigenvalue weighted by Gasteiger charge is 2.22. The van der Waals surface area contributed by atoms with Crippen LogP contribution in [-0.4, -0.2) is 86.7 Å². The van der Waals surface area contributed by atoms with Crippen molar-refractivity contribution < 1.29 is 24.2 Å². The van der Waals surface area contributed by atoms with E-state index in [0.717, 1.165) is 6.54 Å². The Morgan fingerprint density at radius 3 is 2.62 bits per heavy atom. The van der Waals surface area contributed by atoms with Gasteiger partial charge < -0.3 is 25.0 Å². The van der Waals surface area contributed by atoms with Crippen LogP contribution in [0.1, 0.15) is 6.92 Å². The molecular weight excluding hydrogens is 278 g/mol. The quantitative estimate of drug-likeness (QED) is 0.637. The molecule has 2 amide bonds. The predicted octanol–water partition coefficient (Wildman–Crippen LogP) is -1.14. The van der Waals surface area contributed by atoms with Crippen LogP contribution in [0.2, 0.25) is 0 Å². The summed E-state index contributed by atoms with van der Waals surface area (Å²) in [5, 5.41) is 9.43. The Morgan fingerprint density at radius 1 is 1.48 bits per heavy atom. The van der Waals surface area contributed by atoms with Crippen molar-refractivity contribution in [3.8, 4) is 0 Å². The van der Waals surface area contributed by atoms with E-state index in [-0.39, 0.29) is 24.8 Å². The molecule has 122 valence electrons. The summed E-state index contributed by atoms with van der Waals surface area (Å²) in [6, 6.07) is 0. The maximum absolute atomic E-state index is 11.9. The second kappa shape index (κ2) is 11.0. The molecule has 1 unspecified atom stereocenters. The number of amides is 2. The molecule has 0 bridgehead atoms. The van der Waals surface area contributed by atoms with Gasteiger partial charge in [0.15, 0.2) is 0 Å². The first kappa shape index (κ1) is 19.3. The molecule has 1 rings (SSSR count). The van der Waals surface area contributed by atoms with Gasteiger partial charge in [-0.1, -0.05) is 0 Å². The number of hydrogen-bond donors (Lipinski definition) is 2. The molecule has 0 aromatic heterocycles. The van der Waals surface area contributed by atoms with Gasteiger partial charge in [0.25, 0.3) is 6.47 Å². The molecule has 8 heteroatoms. The molecule has 1 saturated heterocycles. The maximum atomic E-state index is 11.9. The van der Waals surface area contributed by atoms with Gasteiger partial charge in [-0.05, 0) is 14.1 Å². The van der Waals surface area contributed by atoms with Crippen molar-refractivity contribution in [2.24, 2.45) is 5.92 Å². The van der Waals surface area contributed by atoms with Crippen LogP contribution in [0.4, 0.5) is 0 Å². The molecule has 0 aromatic carbocycles. The van der Waals surface area contributed by atoms with Gasteiger partial charge in [-0.15, -0.1) is 0 Å². The number of carbonyl (C=O) groups excluding carboxylic acids is 2. The molecule has 2 N–H and O–H groups in total. The summed E-state index contributed by atoms with van der Waals surface area (Å²) < 4.78 is 5.51. The lowest BCUT2D eigenvalue weighted by Gasteiger charge is -2.25. The average molecular weight is 303 g/mol. The summed E-state index contributed by atoms with van der Waals surface area (Å²) in [6.07, 6.45) is 0. The summed E-state index contributed by atoms with van der Waals surface area (Å²) in [6.45, 7) is 4.67. The molecule has 0 radical (unpaired) electrons. The first-order valence-corrected chi connectivity index (χ1v) is 6.73. The highest BCUT2D eigenvalue weighted by Crippen LogP contribution is 2.08. The Kier molecular flexibility index (Phi) is 10.2. The number of ether oxygens (including phenoxy) is 1. The summed E-state index contributed by atoms with van der Waals surface area (Å²) in [5.41, 5.74) is 0. The highest BCUT2D eigenvalue weighted by molar-refractivity contribution is 5.83. The average Bonchev–Trinajstić information content (AvgIpc) is 2.61. The lowest BCUT2D eigenvalue weighted by atomic mass is 10.1. The minimum atomic E-state index is -0.250. The number of nitrogens with one attached hydrogen (secondary N) is 1. The normalized spacial score (nSPS) is 18.3. The van der Waals surface area contributed by atoms with E-state index in [1.165, 1.54) is 6.92 Å². The third-order valence-corrected chi connectivity index (χ3v) is 2.80. The van der Waals surface area contributed by atoms with Crippen molar-refractivity contribution >= 4 is 18.3 Å². The number of nitrogens with zero attached hydrogens (tertiary/aromatic N) is 2. The van der Waals surface area contributed by atoms with Gasteiger partial charge in [-0.25, -0.2) is 0 Å². The molecule has 1 atom stereocenters. The molecule has 0 saturated carbocycles. The Hall–Kier alpha value is -1.67. The lowest BCUT2D eigenvalue weighted by Crippen LogP contribution is -2.43. The molecule has 1 aliphatic rings. The van der Waals surface area contributed by atoms with Gasteiger partial charge in [0.1, 0.15) is 0 Å². The number of carboxylic acid groups (broad SMARTS) is 1. The van der Waals surface area contributed by atoms with Crippen molar-refractivity contribution in [1.29, 1.82) is 0 Å². The van der Waals surface area contributed by atoms with Crippen LogP contribution in [0.15, 0.2) is 0 Å². The van der Waals surface area contributed by atoms with E-state index in [1.54, 1.807) is 4.90 Å². The van der Waals surface area contributed by atoms with Crippen LogP contribution < -0.4 is 5.32 Å². The fourth-order valence-corrected chi connectivity index (χ4v) is 2.05. The fourth-order valence-electron chi connectivity index (χ4n) is 2.05. The molecule has 1 aliphatic heterocycles. The highest BCUT2D eigenvalue weighted by atomic mass is 16.5. The van der Waals surface area contributed by atoms with Gasteiger partial charge in [-0.2, -0.15) is 0 Å². The Labute approximate surface area is 125 Å². The van der Waals surface area contributed by atoms with Gasteiger partial charge in [0.05, 0.1) is 19.8 Å². The summed E-state index contributed by atoms with van der Waals surface area (Å²) in [5.74, 6) is 0.0995.